The number of aromatic nitrogens is 4. The van der Waals surface area contributed by atoms with Gasteiger partial charge in [0.1, 0.15) is 6.04 Å². The standard InChI is InChI=1S/C10H12F2N6OS/c1-13-6(5-3-14-18(2)4-5)8(19)15-10-17-16-9(20-10)7(11)12/h3-4,6-7,13H,1-2H3,(H,15,17,19). The van der Waals surface area contributed by atoms with E-state index in [1.165, 1.54) is 0 Å². The average Bonchev–Trinajstić information content (AvgIpc) is 3.00. The summed E-state index contributed by atoms with van der Waals surface area (Å²) < 4.78 is 26.3. The number of aryl methyl sites for hydroxylation is 1. The predicted octanol–water partition coefficient (Wildman–Crippen LogP) is 1.11. The van der Waals surface area contributed by atoms with E-state index in [9.17, 15) is 13.6 Å². The smallest absolute Gasteiger partial charge is 0.291 e. The maximum absolute atomic E-state index is 12.4. The number of amides is 1. The molecule has 2 aromatic heterocycles. The van der Waals surface area contributed by atoms with Crippen LogP contribution in [0.5, 0.6) is 0 Å². The van der Waals surface area contributed by atoms with Crippen molar-refractivity contribution in [3.05, 3.63) is 23.0 Å². The number of carbonyl (C=O) groups excluding carboxylic acids is 1. The van der Waals surface area contributed by atoms with Crippen molar-refractivity contribution < 1.29 is 13.6 Å². The Hall–Kier alpha value is -1.94. The molecule has 1 unspecified atom stereocenters. The second kappa shape index (κ2) is 6.01. The van der Waals surface area contributed by atoms with E-state index in [-0.39, 0.29) is 5.13 Å². The van der Waals surface area contributed by atoms with Crippen molar-refractivity contribution >= 4 is 22.4 Å². The van der Waals surface area contributed by atoms with Crippen molar-refractivity contribution in [3.8, 4) is 0 Å². The van der Waals surface area contributed by atoms with Gasteiger partial charge in [0.15, 0.2) is 5.01 Å². The summed E-state index contributed by atoms with van der Waals surface area (Å²) in [6, 6.07) is -0.650. The molecule has 1 atom stereocenters. The average molecular weight is 302 g/mol. The van der Waals surface area contributed by atoms with Crippen molar-refractivity contribution in [1.29, 1.82) is 0 Å². The van der Waals surface area contributed by atoms with Crippen molar-refractivity contribution in [2.24, 2.45) is 7.05 Å². The second-order valence-corrected chi connectivity index (χ2v) is 4.91. The maximum Gasteiger partial charge on any atom is 0.291 e. The van der Waals surface area contributed by atoms with Crippen molar-refractivity contribution in [2.75, 3.05) is 12.4 Å². The first-order chi connectivity index (χ1) is 9.51. The monoisotopic (exact) mass is 302 g/mol. The van der Waals surface area contributed by atoms with Crippen LogP contribution in [0, 0.1) is 0 Å². The summed E-state index contributed by atoms with van der Waals surface area (Å²) in [4.78, 5) is 12.1. The highest BCUT2D eigenvalue weighted by atomic mass is 32.1. The molecule has 20 heavy (non-hydrogen) atoms. The molecule has 0 saturated heterocycles. The van der Waals surface area contributed by atoms with Gasteiger partial charge in [-0.1, -0.05) is 11.3 Å². The molecular weight excluding hydrogens is 290 g/mol. The highest BCUT2D eigenvalue weighted by Gasteiger charge is 2.22. The van der Waals surface area contributed by atoms with Gasteiger partial charge in [-0.3, -0.25) is 14.8 Å². The molecule has 0 aliphatic rings. The second-order valence-electron chi connectivity index (χ2n) is 3.90. The van der Waals surface area contributed by atoms with Gasteiger partial charge in [-0.05, 0) is 7.05 Å². The Morgan fingerprint density at radius 2 is 2.20 bits per heavy atom. The van der Waals surface area contributed by atoms with E-state index in [0.717, 1.165) is 0 Å². The Balaban J connectivity index is 2.09. The molecule has 0 fully saturated rings. The minimum Gasteiger partial charge on any atom is -0.305 e. The lowest BCUT2D eigenvalue weighted by Gasteiger charge is -2.12. The number of alkyl halides is 2. The van der Waals surface area contributed by atoms with Crippen LogP contribution in [0.2, 0.25) is 0 Å². The van der Waals surface area contributed by atoms with Gasteiger partial charge in [-0.2, -0.15) is 5.10 Å². The number of rotatable bonds is 5. The first-order valence-corrected chi connectivity index (χ1v) is 6.41. The van der Waals surface area contributed by atoms with E-state index in [0.29, 0.717) is 16.9 Å². The van der Waals surface area contributed by atoms with Crippen molar-refractivity contribution in [2.45, 2.75) is 12.5 Å². The fourth-order valence-electron chi connectivity index (χ4n) is 1.59. The zero-order valence-corrected chi connectivity index (χ0v) is 11.5. The fraction of sp³-hybridized carbons (Fsp3) is 0.400. The minimum atomic E-state index is -2.70. The molecule has 2 rings (SSSR count). The van der Waals surface area contributed by atoms with Gasteiger partial charge < -0.3 is 5.32 Å². The topological polar surface area (TPSA) is 84.7 Å². The number of hydrogen-bond donors (Lipinski definition) is 2. The van der Waals surface area contributed by atoms with Crippen LogP contribution in [-0.2, 0) is 11.8 Å². The third-order valence-corrected chi connectivity index (χ3v) is 3.31. The summed E-state index contributed by atoms with van der Waals surface area (Å²) in [7, 11) is 3.34. The lowest BCUT2D eigenvalue weighted by molar-refractivity contribution is -0.118. The molecular formula is C10H12F2N6OS. The fourth-order valence-corrected chi connectivity index (χ4v) is 2.19. The van der Waals surface area contributed by atoms with E-state index in [1.54, 1.807) is 31.2 Å². The molecule has 0 aliphatic heterocycles. The molecule has 0 aromatic carbocycles. The van der Waals surface area contributed by atoms with Crippen LogP contribution in [0.1, 0.15) is 23.0 Å². The molecule has 0 radical (unpaired) electrons. The highest BCUT2D eigenvalue weighted by molar-refractivity contribution is 7.15. The first kappa shape index (κ1) is 14.5. The quantitative estimate of drug-likeness (QED) is 0.864. The minimum absolute atomic E-state index is 0.0365. The van der Waals surface area contributed by atoms with E-state index in [2.05, 4.69) is 25.9 Å². The summed E-state index contributed by atoms with van der Waals surface area (Å²) in [6.45, 7) is 0. The van der Waals surface area contributed by atoms with Crippen LogP contribution in [0.4, 0.5) is 13.9 Å². The Labute approximate surface area is 117 Å². The molecule has 108 valence electrons. The number of carbonyl (C=O) groups is 1. The van der Waals surface area contributed by atoms with Gasteiger partial charge >= 0.3 is 0 Å². The predicted molar refractivity (Wildman–Crippen MR) is 68.5 cm³/mol. The Kier molecular flexibility index (Phi) is 4.35. The molecule has 0 aliphatic carbocycles. The van der Waals surface area contributed by atoms with Crippen molar-refractivity contribution in [3.63, 3.8) is 0 Å². The van der Waals surface area contributed by atoms with Crippen LogP contribution in [0.25, 0.3) is 0 Å². The third kappa shape index (κ3) is 3.14. The number of nitrogens with zero attached hydrogens (tertiary/aromatic N) is 4. The van der Waals surface area contributed by atoms with Crippen LogP contribution in [0.15, 0.2) is 12.4 Å². The zero-order chi connectivity index (χ0) is 14.7. The molecule has 0 saturated carbocycles. The van der Waals surface area contributed by atoms with Crippen LogP contribution in [0.3, 0.4) is 0 Å². The van der Waals surface area contributed by atoms with Gasteiger partial charge in [0.2, 0.25) is 11.0 Å². The van der Waals surface area contributed by atoms with Gasteiger partial charge in [-0.15, -0.1) is 10.2 Å². The Morgan fingerprint density at radius 1 is 1.45 bits per heavy atom. The molecule has 0 bridgehead atoms. The number of likely N-dealkylation sites (N-methyl/N-ethyl adjacent to an activating group) is 1. The van der Waals surface area contributed by atoms with Gasteiger partial charge in [0.25, 0.3) is 6.43 Å². The highest BCUT2D eigenvalue weighted by Crippen LogP contribution is 2.25. The van der Waals surface area contributed by atoms with Gasteiger partial charge in [0.05, 0.1) is 6.20 Å². The molecule has 2 N–H and O–H groups in total. The SMILES string of the molecule is CNC(C(=O)Nc1nnc(C(F)F)s1)c1cnn(C)c1. The Bertz CT molecular complexity index is 598. The van der Waals surface area contributed by atoms with E-state index in [1.807, 2.05) is 0 Å². The maximum atomic E-state index is 12.4. The summed E-state index contributed by atoms with van der Waals surface area (Å²) in [5.41, 5.74) is 0.658. The first-order valence-electron chi connectivity index (χ1n) is 5.59. The lowest BCUT2D eigenvalue weighted by Crippen LogP contribution is -2.30. The largest absolute Gasteiger partial charge is 0.305 e. The normalized spacial score (nSPS) is 12.7. The number of halogens is 2. The molecule has 2 aromatic rings. The van der Waals surface area contributed by atoms with Crippen LogP contribution < -0.4 is 10.6 Å². The summed E-state index contributed by atoms with van der Waals surface area (Å²) in [5.74, 6) is -0.419. The number of nitrogens with one attached hydrogen (secondary N) is 2. The zero-order valence-electron chi connectivity index (χ0n) is 10.7. The Morgan fingerprint density at radius 3 is 2.70 bits per heavy atom. The van der Waals surface area contributed by atoms with Gasteiger partial charge in [0, 0.05) is 18.8 Å². The summed E-state index contributed by atoms with van der Waals surface area (Å²) >= 11 is 0.645. The van der Waals surface area contributed by atoms with Crippen molar-refractivity contribution in [1.82, 2.24) is 25.3 Å². The third-order valence-electron chi connectivity index (χ3n) is 2.47. The van der Waals surface area contributed by atoms with Gasteiger partial charge in [-0.25, -0.2) is 8.78 Å². The lowest BCUT2D eigenvalue weighted by atomic mass is 10.1. The molecule has 10 heteroatoms. The van der Waals surface area contributed by atoms with E-state index >= 15 is 0 Å². The summed E-state index contributed by atoms with van der Waals surface area (Å²) in [6.07, 6.45) is 0.535. The van der Waals surface area contributed by atoms with E-state index in [4.69, 9.17) is 0 Å². The molecule has 7 nitrogen and oxygen atoms in total. The van der Waals surface area contributed by atoms with Crippen LogP contribution in [-0.4, -0.2) is 32.9 Å². The molecule has 2 heterocycles. The van der Waals surface area contributed by atoms with Crippen LogP contribution >= 0.6 is 11.3 Å². The number of hydrogen-bond acceptors (Lipinski definition) is 6. The number of anilines is 1. The summed E-state index contributed by atoms with van der Waals surface area (Å²) in [5, 5.41) is 15.7. The molecule has 0 spiro atoms. The van der Waals surface area contributed by atoms with E-state index < -0.39 is 23.4 Å². The molecule has 1 amide bonds.